The molecule has 0 atom stereocenters. The number of phenolic OH excluding ortho intramolecular Hbond substituents is 1. The zero-order valence-corrected chi connectivity index (χ0v) is 12.5. The minimum absolute atomic E-state index is 0.0885. The second kappa shape index (κ2) is 5.18. The van der Waals surface area contributed by atoms with E-state index in [0.717, 1.165) is 16.3 Å². The number of benzene rings is 1. The smallest absolute Gasteiger partial charge is 0.194 e. The van der Waals surface area contributed by atoms with E-state index in [2.05, 4.69) is 4.98 Å². The van der Waals surface area contributed by atoms with Crippen molar-refractivity contribution in [1.29, 1.82) is 0 Å². The molecule has 0 bridgehead atoms. The van der Waals surface area contributed by atoms with E-state index in [1.807, 2.05) is 24.4 Å². The predicted octanol–water partition coefficient (Wildman–Crippen LogP) is 3.61. The maximum Gasteiger partial charge on any atom is 0.194 e. The lowest BCUT2D eigenvalue weighted by atomic mass is 10.1. The van der Waals surface area contributed by atoms with Crippen molar-refractivity contribution < 1.29 is 9.90 Å². The Bertz CT molecular complexity index is 858. The van der Waals surface area contributed by atoms with E-state index >= 15 is 0 Å². The molecule has 106 valence electrons. The van der Waals surface area contributed by atoms with Gasteiger partial charge in [0.05, 0.1) is 11.4 Å². The Morgan fingerprint density at radius 1 is 1.38 bits per heavy atom. The molecule has 0 saturated carbocycles. The van der Waals surface area contributed by atoms with E-state index in [-0.39, 0.29) is 11.5 Å². The molecule has 0 aliphatic heterocycles. The molecule has 0 amide bonds. The summed E-state index contributed by atoms with van der Waals surface area (Å²) in [7, 11) is 0. The first-order valence-corrected chi connectivity index (χ1v) is 7.33. The van der Waals surface area contributed by atoms with Gasteiger partial charge in [-0.05, 0) is 38.1 Å². The highest BCUT2D eigenvalue weighted by Crippen LogP contribution is 2.22. The van der Waals surface area contributed by atoms with Crippen molar-refractivity contribution in [2.24, 2.45) is 0 Å². The third-order valence-corrected chi connectivity index (χ3v) is 4.08. The second-order valence-electron chi connectivity index (χ2n) is 4.82. The number of hydrogen-bond donors (Lipinski definition) is 1. The molecule has 21 heavy (non-hydrogen) atoms. The minimum atomic E-state index is -0.146. The van der Waals surface area contributed by atoms with E-state index < -0.39 is 0 Å². The SMILES string of the molecule is Cc1cn2c(/C=C/C(=O)c3cccc(O)c3)c(C)nc2s1. The molecule has 5 heteroatoms. The summed E-state index contributed by atoms with van der Waals surface area (Å²) in [6.45, 7) is 3.95. The van der Waals surface area contributed by atoms with Gasteiger partial charge in [-0.15, -0.1) is 11.3 Å². The summed E-state index contributed by atoms with van der Waals surface area (Å²) < 4.78 is 1.99. The summed E-state index contributed by atoms with van der Waals surface area (Å²) in [5.74, 6) is -0.0576. The number of aryl methyl sites for hydroxylation is 2. The van der Waals surface area contributed by atoms with Crippen LogP contribution in [0.15, 0.2) is 36.5 Å². The molecule has 1 N–H and O–H groups in total. The van der Waals surface area contributed by atoms with Crippen molar-refractivity contribution in [1.82, 2.24) is 9.38 Å². The van der Waals surface area contributed by atoms with Gasteiger partial charge in [-0.3, -0.25) is 9.20 Å². The summed E-state index contributed by atoms with van der Waals surface area (Å²) in [6.07, 6.45) is 5.30. The highest BCUT2D eigenvalue weighted by Gasteiger charge is 2.09. The number of nitrogens with zero attached hydrogens (tertiary/aromatic N) is 2. The van der Waals surface area contributed by atoms with Crippen LogP contribution in [0.5, 0.6) is 5.75 Å². The highest BCUT2D eigenvalue weighted by atomic mass is 32.1. The topological polar surface area (TPSA) is 54.6 Å². The van der Waals surface area contributed by atoms with Crippen molar-refractivity contribution in [3.8, 4) is 5.75 Å². The molecule has 3 rings (SSSR count). The van der Waals surface area contributed by atoms with Gasteiger partial charge in [0.1, 0.15) is 5.75 Å². The molecule has 4 nitrogen and oxygen atoms in total. The molecule has 2 heterocycles. The average molecular weight is 298 g/mol. The zero-order valence-electron chi connectivity index (χ0n) is 11.7. The van der Waals surface area contributed by atoms with Gasteiger partial charge in [-0.1, -0.05) is 12.1 Å². The third-order valence-electron chi connectivity index (χ3n) is 3.19. The molecule has 0 fully saturated rings. The number of thiazole rings is 1. The molecule has 0 radical (unpaired) electrons. The number of phenols is 1. The first-order chi connectivity index (χ1) is 10.0. The Hall–Kier alpha value is -2.40. The van der Waals surface area contributed by atoms with Crippen LogP contribution >= 0.6 is 11.3 Å². The molecule has 0 aliphatic carbocycles. The Morgan fingerprint density at radius 3 is 2.95 bits per heavy atom. The van der Waals surface area contributed by atoms with Gasteiger partial charge in [-0.2, -0.15) is 0 Å². The monoisotopic (exact) mass is 298 g/mol. The number of ketones is 1. The quantitative estimate of drug-likeness (QED) is 0.593. The van der Waals surface area contributed by atoms with Crippen LogP contribution in [-0.2, 0) is 0 Å². The normalized spacial score (nSPS) is 11.5. The van der Waals surface area contributed by atoms with Crippen LogP contribution in [-0.4, -0.2) is 20.3 Å². The predicted molar refractivity (Wildman–Crippen MR) is 84.0 cm³/mol. The van der Waals surface area contributed by atoms with Crippen molar-refractivity contribution in [3.63, 3.8) is 0 Å². The maximum atomic E-state index is 12.1. The summed E-state index contributed by atoms with van der Waals surface area (Å²) in [5, 5.41) is 9.41. The van der Waals surface area contributed by atoms with Gasteiger partial charge < -0.3 is 5.11 Å². The van der Waals surface area contributed by atoms with E-state index in [1.54, 1.807) is 35.6 Å². The fourth-order valence-corrected chi connectivity index (χ4v) is 3.07. The first kappa shape index (κ1) is 13.6. The van der Waals surface area contributed by atoms with Crippen molar-refractivity contribution >= 4 is 28.2 Å². The van der Waals surface area contributed by atoms with Crippen molar-refractivity contribution in [2.45, 2.75) is 13.8 Å². The van der Waals surface area contributed by atoms with Gasteiger partial charge in [0.15, 0.2) is 10.7 Å². The van der Waals surface area contributed by atoms with Gasteiger partial charge in [0.25, 0.3) is 0 Å². The lowest BCUT2D eigenvalue weighted by Crippen LogP contribution is -1.94. The van der Waals surface area contributed by atoms with Crippen molar-refractivity contribution in [2.75, 3.05) is 0 Å². The molecular weight excluding hydrogens is 284 g/mol. The van der Waals surface area contributed by atoms with Gasteiger partial charge >= 0.3 is 0 Å². The minimum Gasteiger partial charge on any atom is -0.508 e. The number of rotatable bonds is 3. The number of aromatic nitrogens is 2. The van der Waals surface area contributed by atoms with E-state index in [1.165, 1.54) is 17.0 Å². The largest absolute Gasteiger partial charge is 0.508 e. The number of aromatic hydroxyl groups is 1. The molecule has 0 spiro atoms. The van der Waals surface area contributed by atoms with Crippen LogP contribution in [0.4, 0.5) is 0 Å². The number of carbonyl (C=O) groups excluding carboxylic acids is 1. The number of fused-ring (bicyclic) bond motifs is 1. The average Bonchev–Trinajstić information content (AvgIpc) is 2.91. The fourth-order valence-electron chi connectivity index (χ4n) is 2.19. The van der Waals surface area contributed by atoms with Crippen LogP contribution in [0.2, 0.25) is 0 Å². The summed E-state index contributed by atoms with van der Waals surface area (Å²) in [4.78, 5) is 18.7. The van der Waals surface area contributed by atoms with E-state index in [9.17, 15) is 9.90 Å². The third kappa shape index (κ3) is 2.60. The number of hydrogen-bond acceptors (Lipinski definition) is 4. The van der Waals surface area contributed by atoms with E-state index in [4.69, 9.17) is 0 Å². The van der Waals surface area contributed by atoms with Crippen molar-refractivity contribution in [3.05, 3.63) is 58.4 Å². The number of carbonyl (C=O) groups is 1. The molecule has 2 aromatic heterocycles. The lowest BCUT2D eigenvalue weighted by molar-refractivity contribution is 0.104. The Kier molecular flexibility index (Phi) is 3.35. The van der Waals surface area contributed by atoms with E-state index in [0.29, 0.717) is 5.56 Å². The summed E-state index contributed by atoms with van der Waals surface area (Å²) in [5.41, 5.74) is 2.26. The highest BCUT2D eigenvalue weighted by molar-refractivity contribution is 7.17. The lowest BCUT2D eigenvalue weighted by Gasteiger charge is -1.97. The molecule has 3 aromatic rings. The number of imidazole rings is 1. The standard InChI is InChI=1S/C16H14N2O2S/c1-10-9-18-14(11(2)17-16(18)21-10)6-7-15(20)12-4-3-5-13(19)8-12/h3-9,19H,1-2H3/b7-6+. The Morgan fingerprint density at radius 2 is 2.19 bits per heavy atom. The van der Waals surface area contributed by atoms with Gasteiger partial charge in [0.2, 0.25) is 0 Å². The molecule has 1 aromatic carbocycles. The maximum absolute atomic E-state index is 12.1. The van der Waals surface area contributed by atoms with Gasteiger partial charge in [0, 0.05) is 16.6 Å². The zero-order chi connectivity index (χ0) is 15.0. The number of allylic oxidation sites excluding steroid dienone is 1. The van der Waals surface area contributed by atoms with Gasteiger partial charge in [-0.25, -0.2) is 4.98 Å². The molecule has 0 aliphatic rings. The van der Waals surface area contributed by atoms with Crippen LogP contribution in [0.1, 0.15) is 26.6 Å². The fraction of sp³-hybridized carbons (Fsp3) is 0.125. The summed E-state index contributed by atoms with van der Waals surface area (Å²) >= 11 is 1.62. The van der Waals surface area contributed by atoms with Crippen LogP contribution in [0.3, 0.4) is 0 Å². The second-order valence-corrected chi connectivity index (χ2v) is 6.04. The Labute approximate surface area is 126 Å². The molecule has 0 saturated heterocycles. The first-order valence-electron chi connectivity index (χ1n) is 6.51. The van der Waals surface area contributed by atoms with Crippen LogP contribution in [0.25, 0.3) is 11.0 Å². The van der Waals surface area contributed by atoms with Crippen LogP contribution < -0.4 is 0 Å². The Balaban J connectivity index is 1.94. The molecule has 0 unspecified atom stereocenters. The summed E-state index contributed by atoms with van der Waals surface area (Å²) in [6, 6.07) is 6.33. The van der Waals surface area contributed by atoms with Crippen LogP contribution in [0, 0.1) is 13.8 Å². The molecular formula is C16H14N2O2S.